The maximum absolute atomic E-state index is 12.0. The Hall–Kier alpha value is -1.77. The predicted octanol–water partition coefficient (Wildman–Crippen LogP) is 1.78. The Bertz CT molecular complexity index is 760. The molecule has 0 bridgehead atoms. The highest BCUT2D eigenvalue weighted by Crippen LogP contribution is 2.10. The fraction of sp³-hybridized carbons (Fsp3) is 0.0769. The van der Waals surface area contributed by atoms with E-state index in [1.165, 1.54) is 30.6 Å². The van der Waals surface area contributed by atoms with Crippen LogP contribution in [0.25, 0.3) is 0 Å². The van der Waals surface area contributed by atoms with E-state index >= 15 is 0 Å². The van der Waals surface area contributed by atoms with Crippen molar-refractivity contribution in [1.29, 1.82) is 0 Å². The second kappa shape index (κ2) is 6.33. The lowest BCUT2D eigenvalue weighted by Crippen LogP contribution is -2.41. The largest absolute Gasteiger partial charge is 0.273 e. The Morgan fingerprint density at radius 1 is 1.19 bits per heavy atom. The van der Waals surface area contributed by atoms with Crippen molar-refractivity contribution in [3.63, 3.8) is 0 Å². The van der Waals surface area contributed by atoms with Crippen LogP contribution in [0.2, 0.25) is 0 Å². The number of nitrogens with zero attached hydrogens (tertiary/aromatic N) is 1. The molecule has 1 amide bonds. The van der Waals surface area contributed by atoms with Crippen molar-refractivity contribution in [2.75, 3.05) is 0 Å². The van der Waals surface area contributed by atoms with Crippen molar-refractivity contribution in [2.45, 2.75) is 11.8 Å². The van der Waals surface area contributed by atoms with Crippen LogP contribution in [0.5, 0.6) is 0 Å². The van der Waals surface area contributed by atoms with E-state index in [2.05, 4.69) is 26.3 Å². The number of halogens is 1. The van der Waals surface area contributed by atoms with Crippen molar-refractivity contribution in [3.05, 3.63) is 58.3 Å². The third kappa shape index (κ3) is 4.10. The summed E-state index contributed by atoms with van der Waals surface area (Å²) in [6.45, 7) is 1.85. The van der Waals surface area contributed by atoms with Gasteiger partial charge in [0.15, 0.2) is 0 Å². The SMILES string of the molecule is Cc1ccc(S(=O)(=O)NNC(=O)c2cncc(Br)c2)cc1. The number of pyridine rings is 1. The summed E-state index contributed by atoms with van der Waals surface area (Å²) < 4.78 is 24.6. The molecule has 0 saturated carbocycles. The van der Waals surface area contributed by atoms with Crippen molar-refractivity contribution in [2.24, 2.45) is 0 Å². The minimum Gasteiger partial charge on any atom is -0.273 e. The molecule has 1 heterocycles. The van der Waals surface area contributed by atoms with E-state index in [4.69, 9.17) is 0 Å². The van der Waals surface area contributed by atoms with Gasteiger partial charge in [0.25, 0.3) is 15.9 Å². The molecule has 0 radical (unpaired) electrons. The van der Waals surface area contributed by atoms with Crippen LogP contribution in [0.1, 0.15) is 15.9 Å². The second-order valence-electron chi connectivity index (χ2n) is 4.26. The van der Waals surface area contributed by atoms with Gasteiger partial charge < -0.3 is 0 Å². The minimum atomic E-state index is -3.80. The normalized spacial score (nSPS) is 11.1. The van der Waals surface area contributed by atoms with Gasteiger partial charge in [0.2, 0.25) is 0 Å². The van der Waals surface area contributed by atoms with Gasteiger partial charge in [-0.1, -0.05) is 17.7 Å². The molecule has 0 aliphatic rings. The average Bonchev–Trinajstić information content (AvgIpc) is 2.45. The lowest BCUT2D eigenvalue weighted by atomic mass is 10.2. The molecule has 0 saturated heterocycles. The molecule has 0 spiro atoms. The zero-order chi connectivity index (χ0) is 15.5. The van der Waals surface area contributed by atoms with Crippen molar-refractivity contribution >= 4 is 31.9 Å². The first kappa shape index (κ1) is 15.6. The van der Waals surface area contributed by atoms with E-state index in [1.807, 2.05) is 11.8 Å². The van der Waals surface area contributed by atoms with Crippen molar-refractivity contribution < 1.29 is 13.2 Å². The summed E-state index contributed by atoms with van der Waals surface area (Å²) >= 11 is 3.18. The Morgan fingerprint density at radius 3 is 2.48 bits per heavy atom. The molecule has 0 atom stereocenters. The van der Waals surface area contributed by atoms with Crippen LogP contribution in [0.15, 0.2) is 52.1 Å². The third-order valence-corrected chi connectivity index (χ3v) is 4.29. The summed E-state index contributed by atoms with van der Waals surface area (Å²) in [5.41, 5.74) is 3.32. The van der Waals surface area contributed by atoms with E-state index in [9.17, 15) is 13.2 Å². The molecule has 2 rings (SSSR count). The smallest absolute Gasteiger partial charge is 0.267 e. The first-order valence-corrected chi connectivity index (χ1v) is 8.15. The van der Waals surface area contributed by atoms with Crippen LogP contribution in [-0.4, -0.2) is 19.3 Å². The molecule has 2 N–H and O–H groups in total. The number of benzene rings is 1. The van der Waals surface area contributed by atoms with Crippen LogP contribution < -0.4 is 10.3 Å². The van der Waals surface area contributed by atoms with E-state index in [0.29, 0.717) is 4.47 Å². The second-order valence-corrected chi connectivity index (χ2v) is 6.86. The zero-order valence-electron chi connectivity index (χ0n) is 11.0. The number of aromatic nitrogens is 1. The van der Waals surface area contributed by atoms with Gasteiger partial charge in [-0.3, -0.25) is 15.2 Å². The number of carbonyl (C=O) groups excluding carboxylic acids is 1. The molecular formula is C13H12BrN3O3S. The molecule has 21 heavy (non-hydrogen) atoms. The van der Waals surface area contributed by atoms with Gasteiger partial charge in [0.1, 0.15) is 0 Å². The molecule has 1 aromatic heterocycles. The third-order valence-electron chi connectivity index (χ3n) is 2.60. The number of rotatable bonds is 4. The maximum Gasteiger partial charge on any atom is 0.267 e. The standard InChI is InChI=1S/C13H12BrN3O3S/c1-9-2-4-12(5-3-9)21(19,20)17-16-13(18)10-6-11(14)8-15-7-10/h2-8,17H,1H3,(H,16,18). The van der Waals surface area contributed by atoms with Gasteiger partial charge in [-0.25, -0.2) is 8.42 Å². The fourth-order valence-corrected chi connectivity index (χ4v) is 2.70. The number of carbonyl (C=O) groups is 1. The van der Waals surface area contributed by atoms with Crippen LogP contribution in [0, 0.1) is 6.92 Å². The molecule has 8 heteroatoms. The van der Waals surface area contributed by atoms with E-state index in [1.54, 1.807) is 12.1 Å². The molecule has 2 aromatic rings. The minimum absolute atomic E-state index is 0.0702. The summed E-state index contributed by atoms with van der Waals surface area (Å²) in [7, 11) is -3.80. The number of nitrogens with one attached hydrogen (secondary N) is 2. The van der Waals surface area contributed by atoms with Gasteiger partial charge in [0.05, 0.1) is 10.5 Å². The van der Waals surface area contributed by atoms with Gasteiger partial charge in [0, 0.05) is 16.9 Å². The average molecular weight is 370 g/mol. The first-order valence-electron chi connectivity index (χ1n) is 5.88. The molecule has 0 aliphatic heterocycles. The van der Waals surface area contributed by atoms with Crippen LogP contribution in [0.4, 0.5) is 0 Å². The Kier molecular flexibility index (Phi) is 4.71. The van der Waals surface area contributed by atoms with Gasteiger partial charge >= 0.3 is 0 Å². The van der Waals surface area contributed by atoms with Gasteiger partial charge in [-0.15, -0.1) is 4.83 Å². The van der Waals surface area contributed by atoms with E-state index in [-0.39, 0.29) is 10.5 Å². The van der Waals surface area contributed by atoms with Crippen LogP contribution in [-0.2, 0) is 10.0 Å². The summed E-state index contributed by atoms with van der Waals surface area (Å²) in [6, 6.07) is 7.81. The monoisotopic (exact) mass is 369 g/mol. The number of aryl methyl sites for hydroxylation is 1. The Labute approximate surface area is 130 Å². The zero-order valence-corrected chi connectivity index (χ0v) is 13.4. The molecule has 110 valence electrons. The van der Waals surface area contributed by atoms with Gasteiger partial charge in [-0.2, -0.15) is 0 Å². The molecule has 0 unspecified atom stereocenters. The maximum atomic E-state index is 12.0. The number of hydrogen-bond acceptors (Lipinski definition) is 4. The fourth-order valence-electron chi connectivity index (χ4n) is 1.50. The van der Waals surface area contributed by atoms with E-state index in [0.717, 1.165) is 5.56 Å². The topological polar surface area (TPSA) is 88.2 Å². The quantitative estimate of drug-likeness (QED) is 0.803. The van der Waals surface area contributed by atoms with Crippen molar-refractivity contribution in [1.82, 2.24) is 15.2 Å². The number of sulfonamides is 1. The van der Waals surface area contributed by atoms with E-state index < -0.39 is 15.9 Å². The molecule has 0 fully saturated rings. The summed E-state index contributed by atoms with van der Waals surface area (Å²) in [6.07, 6.45) is 2.85. The number of amides is 1. The summed E-state index contributed by atoms with van der Waals surface area (Å²) in [5, 5.41) is 0. The lowest BCUT2D eigenvalue weighted by molar-refractivity contribution is 0.0944. The highest BCUT2D eigenvalue weighted by molar-refractivity contribution is 9.10. The van der Waals surface area contributed by atoms with Crippen LogP contribution >= 0.6 is 15.9 Å². The molecule has 1 aromatic carbocycles. The Morgan fingerprint density at radius 2 is 1.86 bits per heavy atom. The summed E-state index contributed by atoms with van der Waals surface area (Å²) in [5.74, 6) is -0.598. The van der Waals surface area contributed by atoms with Crippen LogP contribution in [0.3, 0.4) is 0 Å². The summed E-state index contributed by atoms with van der Waals surface area (Å²) in [4.78, 5) is 17.8. The number of hydrogen-bond donors (Lipinski definition) is 2. The first-order chi connectivity index (χ1) is 9.88. The number of hydrazine groups is 1. The molecule has 0 aliphatic carbocycles. The highest BCUT2D eigenvalue weighted by Gasteiger charge is 2.15. The highest BCUT2D eigenvalue weighted by atomic mass is 79.9. The predicted molar refractivity (Wildman–Crippen MR) is 80.9 cm³/mol. The Balaban J connectivity index is 2.08. The molecule has 6 nitrogen and oxygen atoms in total. The van der Waals surface area contributed by atoms with Gasteiger partial charge in [-0.05, 0) is 41.1 Å². The lowest BCUT2D eigenvalue weighted by Gasteiger charge is -2.08. The molecular weight excluding hydrogens is 358 g/mol. The van der Waals surface area contributed by atoms with Crippen molar-refractivity contribution in [3.8, 4) is 0 Å².